The molecule has 0 aliphatic heterocycles. The number of hydrogen-bond acceptors (Lipinski definition) is 7. The summed E-state index contributed by atoms with van der Waals surface area (Å²) in [5, 5.41) is 25.2. The molecule has 0 saturated carbocycles. The van der Waals surface area contributed by atoms with E-state index in [1.165, 1.54) is 12.1 Å². The molecule has 0 aliphatic rings. The van der Waals surface area contributed by atoms with Gasteiger partial charge in [-0.2, -0.15) is 13.5 Å². The number of carbonyl (C=O) groups is 1. The molecule has 0 bridgehead atoms. The summed E-state index contributed by atoms with van der Waals surface area (Å²) in [4.78, 5) is 23.2. The third kappa shape index (κ3) is 3.54. The highest BCUT2D eigenvalue weighted by molar-refractivity contribution is 7.85. The van der Waals surface area contributed by atoms with Gasteiger partial charge in [0.15, 0.2) is 11.5 Å². The summed E-state index contributed by atoms with van der Waals surface area (Å²) in [6.45, 7) is 1.56. The average Bonchev–Trinajstić information content (AvgIpc) is 3.17. The Morgan fingerprint density at radius 1 is 1.22 bits per heavy atom. The van der Waals surface area contributed by atoms with Gasteiger partial charge >= 0.3 is 5.97 Å². The highest BCUT2D eigenvalue weighted by atomic mass is 32.2. The van der Waals surface area contributed by atoms with Crippen molar-refractivity contribution >= 4 is 27.6 Å². The van der Waals surface area contributed by atoms with Gasteiger partial charge in [-0.25, -0.2) is 9.48 Å². The number of aryl methyl sites for hydroxylation is 1. The molecule has 2 aromatic heterocycles. The van der Waals surface area contributed by atoms with Gasteiger partial charge < -0.3 is 5.11 Å². The number of nitrogens with one attached hydrogen (secondary N) is 2. The van der Waals surface area contributed by atoms with Crippen molar-refractivity contribution in [2.75, 3.05) is 0 Å². The molecule has 0 saturated heterocycles. The van der Waals surface area contributed by atoms with Crippen molar-refractivity contribution < 1.29 is 22.9 Å². The van der Waals surface area contributed by atoms with E-state index in [1.54, 1.807) is 6.92 Å². The number of nitrogens with zero attached hydrogens (tertiary/aromatic N) is 4. The highest BCUT2D eigenvalue weighted by Crippen LogP contribution is 2.20. The van der Waals surface area contributed by atoms with E-state index in [0.29, 0.717) is 11.4 Å². The molecule has 0 atom stereocenters. The van der Waals surface area contributed by atoms with E-state index >= 15 is 0 Å². The van der Waals surface area contributed by atoms with Gasteiger partial charge in [-0.3, -0.25) is 19.5 Å². The minimum absolute atomic E-state index is 0.0696. The lowest BCUT2D eigenvalue weighted by atomic mass is 10.3. The molecule has 0 unspecified atom stereocenters. The predicted molar refractivity (Wildman–Crippen MR) is 90.7 cm³/mol. The molecule has 0 radical (unpaired) electrons. The van der Waals surface area contributed by atoms with E-state index in [0.717, 1.165) is 23.0 Å². The van der Waals surface area contributed by atoms with E-state index < -0.39 is 21.6 Å². The molecule has 13 heteroatoms. The van der Waals surface area contributed by atoms with Gasteiger partial charge in [-0.05, 0) is 31.2 Å². The van der Waals surface area contributed by atoms with Crippen LogP contribution in [0.4, 0.5) is 11.5 Å². The lowest BCUT2D eigenvalue weighted by Crippen LogP contribution is -2.14. The molecule has 12 nitrogen and oxygen atoms in total. The Morgan fingerprint density at radius 2 is 1.89 bits per heavy atom. The number of hydrogen-bond donors (Lipinski definition) is 4. The van der Waals surface area contributed by atoms with Crippen LogP contribution in [-0.2, 0) is 10.1 Å². The number of H-pyrrole nitrogens is 2. The molecule has 3 aromatic rings. The van der Waals surface area contributed by atoms with Crippen LogP contribution in [0.25, 0.3) is 5.69 Å². The minimum atomic E-state index is -4.35. The molecule has 0 fully saturated rings. The lowest BCUT2D eigenvalue weighted by Gasteiger charge is -2.02. The number of azo groups is 1. The maximum atomic E-state index is 12.5. The molecular weight excluding hydrogens is 380 g/mol. The Morgan fingerprint density at radius 3 is 2.48 bits per heavy atom. The number of benzene rings is 1. The number of carboxylic acid groups (broad SMARTS) is 1. The van der Waals surface area contributed by atoms with Crippen molar-refractivity contribution in [2.45, 2.75) is 11.8 Å². The zero-order valence-electron chi connectivity index (χ0n) is 13.6. The molecule has 1 aromatic carbocycles. The fraction of sp³-hybridized carbons (Fsp3) is 0.0714. The Kier molecular flexibility index (Phi) is 4.47. The van der Waals surface area contributed by atoms with Gasteiger partial charge in [-0.15, -0.1) is 10.2 Å². The molecule has 2 heterocycles. The standard InChI is InChI=1S/C14H12N6O6S/c1-7-11(16-18-12-10(14(22)23)6-15-17-12)13(21)20(19-7)8-2-4-9(5-3-8)27(24,25)26/h2-6,19H,1H3,(H,15,17)(H,22,23)(H,24,25,26). The summed E-state index contributed by atoms with van der Waals surface area (Å²) in [5.41, 5.74) is -0.219. The van der Waals surface area contributed by atoms with Gasteiger partial charge in [0.05, 0.1) is 22.5 Å². The van der Waals surface area contributed by atoms with Crippen LogP contribution in [0.5, 0.6) is 0 Å². The maximum Gasteiger partial charge on any atom is 0.341 e. The molecule has 27 heavy (non-hydrogen) atoms. The quantitative estimate of drug-likeness (QED) is 0.375. The molecule has 4 N–H and O–H groups in total. The monoisotopic (exact) mass is 392 g/mol. The normalized spacial score (nSPS) is 11.9. The number of carboxylic acids is 1. The number of rotatable bonds is 5. The number of aromatic carboxylic acids is 1. The van der Waals surface area contributed by atoms with Crippen molar-refractivity contribution in [1.29, 1.82) is 0 Å². The van der Waals surface area contributed by atoms with Crippen molar-refractivity contribution in [3.8, 4) is 5.69 Å². The van der Waals surface area contributed by atoms with Crippen LogP contribution in [0.1, 0.15) is 16.1 Å². The fourth-order valence-electron chi connectivity index (χ4n) is 2.22. The third-order valence-corrected chi connectivity index (χ3v) is 4.40. The van der Waals surface area contributed by atoms with Crippen molar-refractivity contribution in [2.24, 2.45) is 10.2 Å². The summed E-state index contributed by atoms with van der Waals surface area (Å²) < 4.78 is 32.3. The number of aromatic amines is 2. The second-order valence-corrected chi connectivity index (χ2v) is 6.75. The van der Waals surface area contributed by atoms with Gasteiger partial charge in [-0.1, -0.05) is 0 Å². The van der Waals surface area contributed by atoms with Crippen molar-refractivity contribution in [1.82, 2.24) is 20.0 Å². The first-order chi connectivity index (χ1) is 12.7. The minimum Gasteiger partial charge on any atom is -0.477 e. The summed E-state index contributed by atoms with van der Waals surface area (Å²) in [6.07, 6.45) is 1.07. The molecular formula is C14H12N6O6S. The summed E-state index contributed by atoms with van der Waals surface area (Å²) in [5.74, 6) is -1.37. The van der Waals surface area contributed by atoms with Crippen LogP contribution in [-0.4, -0.2) is 44.0 Å². The van der Waals surface area contributed by atoms with E-state index in [4.69, 9.17) is 9.66 Å². The van der Waals surface area contributed by atoms with Gasteiger partial charge in [0.25, 0.3) is 15.7 Å². The van der Waals surface area contributed by atoms with Gasteiger partial charge in [0, 0.05) is 0 Å². The Labute approximate surface area is 150 Å². The van der Waals surface area contributed by atoms with Gasteiger partial charge in [0.2, 0.25) is 0 Å². The topological polar surface area (TPSA) is 183 Å². The van der Waals surface area contributed by atoms with Crippen molar-refractivity contribution in [3.63, 3.8) is 0 Å². The highest BCUT2D eigenvalue weighted by Gasteiger charge is 2.16. The van der Waals surface area contributed by atoms with Crippen LogP contribution >= 0.6 is 0 Å². The zero-order chi connectivity index (χ0) is 19.8. The van der Waals surface area contributed by atoms with Crippen LogP contribution in [0, 0.1) is 6.92 Å². The van der Waals surface area contributed by atoms with Crippen molar-refractivity contribution in [3.05, 3.63) is 52.1 Å². The third-order valence-electron chi connectivity index (χ3n) is 3.53. The first kappa shape index (κ1) is 18.2. The predicted octanol–water partition coefficient (Wildman–Crippen LogP) is 1.56. The van der Waals surface area contributed by atoms with E-state index in [9.17, 15) is 18.0 Å². The maximum absolute atomic E-state index is 12.5. The SMILES string of the molecule is Cc1[nH]n(-c2ccc(S(=O)(=O)O)cc2)c(=O)c1N=Nc1[nH]ncc1C(=O)O. The van der Waals surface area contributed by atoms with Crippen LogP contribution in [0.15, 0.2) is 50.4 Å². The van der Waals surface area contributed by atoms with E-state index in [1.807, 2.05) is 0 Å². The average molecular weight is 392 g/mol. The Bertz CT molecular complexity index is 1200. The molecule has 3 rings (SSSR count). The van der Waals surface area contributed by atoms with E-state index in [-0.39, 0.29) is 22.0 Å². The van der Waals surface area contributed by atoms with Crippen LogP contribution < -0.4 is 5.56 Å². The lowest BCUT2D eigenvalue weighted by molar-refractivity contribution is 0.0698. The molecule has 0 amide bonds. The second kappa shape index (κ2) is 6.62. The Balaban J connectivity index is 1.98. The summed E-state index contributed by atoms with van der Waals surface area (Å²) >= 11 is 0. The fourth-order valence-corrected chi connectivity index (χ4v) is 2.70. The molecule has 140 valence electrons. The smallest absolute Gasteiger partial charge is 0.341 e. The molecule has 0 aliphatic carbocycles. The first-order valence-corrected chi connectivity index (χ1v) is 8.70. The van der Waals surface area contributed by atoms with Gasteiger partial charge in [0.1, 0.15) is 5.56 Å². The Hall–Kier alpha value is -3.58. The zero-order valence-corrected chi connectivity index (χ0v) is 14.4. The second-order valence-electron chi connectivity index (χ2n) is 5.33. The first-order valence-electron chi connectivity index (χ1n) is 7.26. The largest absolute Gasteiger partial charge is 0.477 e. The number of aromatic nitrogens is 4. The summed E-state index contributed by atoms with van der Waals surface area (Å²) in [6, 6.07) is 4.91. The van der Waals surface area contributed by atoms with Crippen LogP contribution in [0.3, 0.4) is 0 Å². The molecule has 0 spiro atoms. The van der Waals surface area contributed by atoms with Crippen LogP contribution in [0.2, 0.25) is 0 Å². The van der Waals surface area contributed by atoms with E-state index in [2.05, 4.69) is 25.5 Å². The summed E-state index contributed by atoms with van der Waals surface area (Å²) in [7, 11) is -4.35.